The molecule has 1 atom stereocenters. The third-order valence-electron chi connectivity index (χ3n) is 3.47. The average molecular weight is 299 g/mol. The molecule has 1 aliphatic rings. The molecule has 1 fully saturated rings. The molecule has 0 aromatic heterocycles. The Morgan fingerprint density at radius 3 is 2.43 bits per heavy atom. The number of hydrogen-bond acceptors (Lipinski definition) is 3. The van der Waals surface area contributed by atoms with E-state index in [-0.39, 0.29) is 24.3 Å². The highest BCUT2D eigenvalue weighted by Crippen LogP contribution is 2.09. The quantitative estimate of drug-likeness (QED) is 0.647. The van der Waals surface area contributed by atoms with Crippen molar-refractivity contribution in [3.63, 3.8) is 0 Å². The Bertz CT molecular complexity index is 367. The number of carbonyl (C=O) groups is 3. The summed E-state index contributed by atoms with van der Waals surface area (Å²) in [7, 11) is 0. The average Bonchev–Trinajstić information content (AvgIpc) is 2.45. The van der Waals surface area contributed by atoms with Crippen LogP contribution in [-0.4, -0.2) is 54.1 Å². The summed E-state index contributed by atoms with van der Waals surface area (Å²) in [5.74, 6) is -0.922. The van der Waals surface area contributed by atoms with E-state index in [1.165, 1.54) is 6.42 Å². The van der Waals surface area contributed by atoms with Crippen LogP contribution in [0.5, 0.6) is 0 Å². The number of nitrogens with zero attached hydrogens (tertiary/aromatic N) is 1. The van der Waals surface area contributed by atoms with Crippen molar-refractivity contribution in [1.29, 1.82) is 0 Å². The Hall–Kier alpha value is -1.79. The summed E-state index contributed by atoms with van der Waals surface area (Å²) in [6.07, 6.45) is 3.62. The number of amides is 3. The maximum Gasteiger partial charge on any atom is 0.314 e. The largest absolute Gasteiger partial charge is 0.481 e. The molecule has 0 radical (unpaired) electrons. The molecule has 0 spiro atoms. The van der Waals surface area contributed by atoms with E-state index >= 15 is 0 Å². The van der Waals surface area contributed by atoms with Crippen molar-refractivity contribution in [2.75, 3.05) is 26.2 Å². The zero-order valence-electron chi connectivity index (χ0n) is 12.6. The molecular weight excluding hydrogens is 274 g/mol. The summed E-state index contributed by atoms with van der Waals surface area (Å²) in [5, 5.41) is 13.8. The molecule has 0 saturated carbocycles. The van der Waals surface area contributed by atoms with E-state index in [2.05, 4.69) is 10.6 Å². The molecule has 7 nitrogen and oxygen atoms in total. The fourth-order valence-corrected chi connectivity index (χ4v) is 2.28. The Kier molecular flexibility index (Phi) is 7.56. The van der Waals surface area contributed by atoms with Crippen LogP contribution in [0, 0.1) is 5.92 Å². The first-order valence-electron chi connectivity index (χ1n) is 7.50. The summed E-state index contributed by atoms with van der Waals surface area (Å²) in [6.45, 7) is 4.00. The normalized spacial score (nSPS) is 16.1. The van der Waals surface area contributed by atoms with Gasteiger partial charge in [-0.2, -0.15) is 0 Å². The van der Waals surface area contributed by atoms with E-state index in [0.717, 1.165) is 25.9 Å². The molecule has 21 heavy (non-hydrogen) atoms. The molecular formula is C14H25N3O4. The molecule has 7 heteroatoms. The van der Waals surface area contributed by atoms with Crippen LogP contribution >= 0.6 is 0 Å². The number of rotatable bonds is 7. The molecule has 0 aromatic carbocycles. The fraction of sp³-hybridized carbons (Fsp3) is 0.786. The molecule has 0 aliphatic carbocycles. The van der Waals surface area contributed by atoms with E-state index in [1.807, 2.05) is 4.90 Å². The number of hydrogen-bond donors (Lipinski definition) is 3. The van der Waals surface area contributed by atoms with E-state index in [4.69, 9.17) is 5.11 Å². The van der Waals surface area contributed by atoms with E-state index in [1.54, 1.807) is 6.92 Å². The van der Waals surface area contributed by atoms with Gasteiger partial charge in [-0.05, 0) is 25.2 Å². The third kappa shape index (κ3) is 7.53. The van der Waals surface area contributed by atoms with Gasteiger partial charge in [0.1, 0.15) is 0 Å². The summed E-state index contributed by atoms with van der Waals surface area (Å²) in [4.78, 5) is 35.7. The maximum atomic E-state index is 11.9. The minimum absolute atomic E-state index is 0.0216. The minimum Gasteiger partial charge on any atom is -0.481 e. The second-order valence-corrected chi connectivity index (χ2v) is 5.53. The highest BCUT2D eigenvalue weighted by atomic mass is 16.4. The minimum atomic E-state index is -0.878. The van der Waals surface area contributed by atoms with Gasteiger partial charge >= 0.3 is 12.0 Å². The fourth-order valence-electron chi connectivity index (χ4n) is 2.28. The van der Waals surface area contributed by atoms with Crippen molar-refractivity contribution < 1.29 is 19.5 Å². The number of aliphatic carboxylic acids is 1. The molecule has 3 N–H and O–H groups in total. The Morgan fingerprint density at radius 2 is 1.81 bits per heavy atom. The van der Waals surface area contributed by atoms with Crippen molar-refractivity contribution in [2.24, 2.45) is 5.92 Å². The lowest BCUT2D eigenvalue weighted by molar-refractivity contribution is -0.138. The number of carboxylic acid groups (broad SMARTS) is 1. The number of nitrogens with one attached hydrogen (secondary N) is 2. The summed E-state index contributed by atoms with van der Waals surface area (Å²) in [6, 6.07) is -0.362. The molecule has 1 unspecified atom stereocenters. The van der Waals surface area contributed by atoms with Gasteiger partial charge in [0.25, 0.3) is 0 Å². The van der Waals surface area contributed by atoms with Gasteiger partial charge in [-0.15, -0.1) is 0 Å². The van der Waals surface area contributed by atoms with Crippen LogP contribution in [0.2, 0.25) is 0 Å². The van der Waals surface area contributed by atoms with Gasteiger partial charge in [0.2, 0.25) is 5.91 Å². The second kappa shape index (κ2) is 9.20. The van der Waals surface area contributed by atoms with Gasteiger partial charge in [-0.1, -0.05) is 6.92 Å². The molecule has 120 valence electrons. The summed E-state index contributed by atoms with van der Waals surface area (Å²) >= 11 is 0. The van der Waals surface area contributed by atoms with Gasteiger partial charge in [0, 0.05) is 39.0 Å². The monoisotopic (exact) mass is 299 g/mol. The number of likely N-dealkylation sites (tertiary alicyclic amines) is 1. The van der Waals surface area contributed by atoms with Crippen molar-refractivity contribution in [2.45, 2.75) is 39.0 Å². The Labute approximate surface area is 125 Å². The zero-order chi connectivity index (χ0) is 15.7. The SMILES string of the molecule is CC(CNC(=O)NCCC(=O)N1CCCCC1)CC(=O)O. The third-order valence-corrected chi connectivity index (χ3v) is 3.47. The van der Waals surface area contributed by atoms with Crippen LogP contribution in [0.15, 0.2) is 0 Å². The first-order valence-corrected chi connectivity index (χ1v) is 7.50. The maximum absolute atomic E-state index is 11.9. The lowest BCUT2D eigenvalue weighted by Crippen LogP contribution is -2.41. The lowest BCUT2D eigenvalue weighted by atomic mass is 10.1. The first kappa shape index (κ1) is 17.3. The number of piperidine rings is 1. The number of carbonyl (C=O) groups excluding carboxylic acids is 2. The van der Waals surface area contributed by atoms with E-state index in [9.17, 15) is 14.4 Å². The van der Waals surface area contributed by atoms with Crippen molar-refractivity contribution in [3.05, 3.63) is 0 Å². The van der Waals surface area contributed by atoms with Crippen LogP contribution in [-0.2, 0) is 9.59 Å². The zero-order valence-corrected chi connectivity index (χ0v) is 12.6. The van der Waals surface area contributed by atoms with Crippen LogP contribution in [0.1, 0.15) is 39.0 Å². The van der Waals surface area contributed by atoms with Crippen molar-refractivity contribution in [3.8, 4) is 0 Å². The smallest absolute Gasteiger partial charge is 0.314 e. The van der Waals surface area contributed by atoms with Gasteiger partial charge in [0.15, 0.2) is 0 Å². The van der Waals surface area contributed by atoms with Crippen molar-refractivity contribution >= 4 is 17.9 Å². The van der Waals surface area contributed by atoms with E-state index in [0.29, 0.717) is 19.5 Å². The van der Waals surface area contributed by atoms with Crippen LogP contribution < -0.4 is 10.6 Å². The number of carboxylic acids is 1. The predicted octanol–water partition coefficient (Wildman–Crippen LogP) is 0.799. The Morgan fingerprint density at radius 1 is 1.14 bits per heavy atom. The highest BCUT2D eigenvalue weighted by molar-refractivity contribution is 5.78. The predicted molar refractivity (Wildman–Crippen MR) is 77.9 cm³/mol. The van der Waals surface area contributed by atoms with Gasteiger partial charge < -0.3 is 20.6 Å². The molecule has 1 aliphatic heterocycles. The lowest BCUT2D eigenvalue weighted by Gasteiger charge is -2.26. The topological polar surface area (TPSA) is 98.7 Å². The number of urea groups is 1. The summed E-state index contributed by atoms with van der Waals surface area (Å²) < 4.78 is 0. The first-order chi connectivity index (χ1) is 9.99. The summed E-state index contributed by atoms with van der Waals surface area (Å²) in [5.41, 5.74) is 0. The van der Waals surface area contributed by atoms with E-state index < -0.39 is 5.97 Å². The molecule has 0 aromatic rings. The van der Waals surface area contributed by atoms with Crippen LogP contribution in [0.4, 0.5) is 4.79 Å². The van der Waals surface area contributed by atoms with Crippen molar-refractivity contribution in [1.82, 2.24) is 15.5 Å². The Balaban J connectivity index is 2.09. The molecule has 3 amide bonds. The standard InChI is InChI=1S/C14H25N3O4/c1-11(9-13(19)20)10-16-14(21)15-6-5-12(18)17-7-3-2-4-8-17/h11H,2-10H2,1H3,(H,19,20)(H2,15,16,21). The van der Waals surface area contributed by atoms with Crippen LogP contribution in [0.3, 0.4) is 0 Å². The van der Waals surface area contributed by atoms with Crippen LogP contribution in [0.25, 0.3) is 0 Å². The molecule has 0 bridgehead atoms. The van der Waals surface area contributed by atoms with Gasteiger partial charge in [-0.3, -0.25) is 9.59 Å². The van der Waals surface area contributed by atoms with Gasteiger partial charge in [0.05, 0.1) is 0 Å². The molecule has 1 heterocycles. The molecule has 1 rings (SSSR count). The van der Waals surface area contributed by atoms with Gasteiger partial charge in [-0.25, -0.2) is 4.79 Å². The highest BCUT2D eigenvalue weighted by Gasteiger charge is 2.16. The molecule has 1 saturated heterocycles. The second-order valence-electron chi connectivity index (χ2n) is 5.53.